The first-order valence-electron chi connectivity index (χ1n) is 9.97. The molecule has 2 N–H and O–H groups in total. The number of hydrogen-bond acceptors (Lipinski definition) is 7. The lowest BCUT2D eigenvalue weighted by molar-refractivity contribution is -0.136. The van der Waals surface area contributed by atoms with Gasteiger partial charge >= 0.3 is 6.18 Å². The Bertz CT molecular complexity index is 1320. The summed E-state index contributed by atoms with van der Waals surface area (Å²) in [4.78, 5) is 8.87. The van der Waals surface area contributed by atoms with Crippen LogP contribution in [0.2, 0.25) is 0 Å². The number of nitrogens with two attached hydrogens (primary N) is 1. The summed E-state index contributed by atoms with van der Waals surface area (Å²) in [6.45, 7) is 0. The molecule has 10 heteroatoms. The molecule has 1 heterocycles. The molecule has 0 aliphatic heterocycles. The van der Waals surface area contributed by atoms with Crippen molar-refractivity contribution in [2.75, 3.05) is 27.1 Å². The molecule has 4 rings (SSSR count). The van der Waals surface area contributed by atoms with E-state index in [0.29, 0.717) is 28.5 Å². The zero-order valence-corrected chi connectivity index (χ0v) is 18.4. The highest BCUT2D eigenvalue weighted by molar-refractivity contribution is 5.91. The number of rotatable bonds is 6. The fourth-order valence-electron chi connectivity index (χ4n) is 3.46. The van der Waals surface area contributed by atoms with Gasteiger partial charge in [-0.2, -0.15) is 13.2 Å². The molecular weight excluding hydrogens is 451 g/mol. The standard InChI is InChI=1S/C24H20F3N3O4/c1-31-17-11-14(12-18(32-2)22(17)33-3)34-23-20(13-7-5-4-6-8-13)29-16-10-9-15(24(25,26)27)19(28)21(16)30-23/h4-12H,28H2,1-3H3. The predicted molar refractivity (Wildman–Crippen MR) is 121 cm³/mol. The maximum atomic E-state index is 13.4. The van der Waals surface area contributed by atoms with Crippen LogP contribution >= 0.6 is 0 Å². The molecule has 0 atom stereocenters. The third kappa shape index (κ3) is 4.21. The van der Waals surface area contributed by atoms with E-state index in [1.54, 1.807) is 24.3 Å². The monoisotopic (exact) mass is 471 g/mol. The van der Waals surface area contributed by atoms with Crippen molar-refractivity contribution in [1.82, 2.24) is 9.97 Å². The summed E-state index contributed by atoms with van der Waals surface area (Å²) in [7, 11) is 4.36. The van der Waals surface area contributed by atoms with Gasteiger partial charge in [0.15, 0.2) is 11.5 Å². The number of ether oxygens (including phenoxy) is 4. The van der Waals surface area contributed by atoms with Crippen LogP contribution in [0.5, 0.6) is 28.9 Å². The van der Waals surface area contributed by atoms with Gasteiger partial charge in [0.1, 0.15) is 17.0 Å². The van der Waals surface area contributed by atoms with Crippen molar-refractivity contribution < 1.29 is 32.1 Å². The third-order valence-electron chi connectivity index (χ3n) is 5.05. The Labute approximate surface area is 192 Å². The maximum absolute atomic E-state index is 13.4. The predicted octanol–water partition coefficient (Wildman–Crippen LogP) is 5.72. The zero-order valence-electron chi connectivity index (χ0n) is 18.4. The van der Waals surface area contributed by atoms with Crippen LogP contribution in [0.25, 0.3) is 22.3 Å². The topological polar surface area (TPSA) is 88.7 Å². The van der Waals surface area contributed by atoms with Crippen LogP contribution in [0.1, 0.15) is 5.56 Å². The van der Waals surface area contributed by atoms with Crippen molar-refractivity contribution in [2.45, 2.75) is 6.18 Å². The molecule has 7 nitrogen and oxygen atoms in total. The quantitative estimate of drug-likeness (QED) is 0.360. The maximum Gasteiger partial charge on any atom is 0.418 e. The molecule has 0 saturated carbocycles. The first-order valence-corrected chi connectivity index (χ1v) is 9.97. The molecule has 34 heavy (non-hydrogen) atoms. The number of halogens is 3. The Kier molecular flexibility index (Phi) is 6.06. The lowest BCUT2D eigenvalue weighted by Gasteiger charge is -2.17. The van der Waals surface area contributed by atoms with Gasteiger partial charge in [0, 0.05) is 17.7 Å². The SMILES string of the molecule is COc1cc(Oc2nc3c(N)c(C(F)(F)F)ccc3nc2-c2ccccc2)cc(OC)c1OC. The summed E-state index contributed by atoms with van der Waals surface area (Å²) >= 11 is 0. The number of fused-ring (bicyclic) bond motifs is 1. The van der Waals surface area contributed by atoms with Gasteiger partial charge in [0.05, 0.1) is 38.1 Å². The molecule has 0 amide bonds. The Balaban J connectivity index is 1.93. The van der Waals surface area contributed by atoms with Crippen molar-refractivity contribution in [1.29, 1.82) is 0 Å². The third-order valence-corrected chi connectivity index (χ3v) is 5.05. The Hall–Kier alpha value is -4.21. The molecular formula is C24H20F3N3O4. The fourth-order valence-corrected chi connectivity index (χ4v) is 3.46. The van der Waals surface area contributed by atoms with E-state index in [4.69, 9.17) is 24.7 Å². The van der Waals surface area contributed by atoms with Gasteiger partial charge in [-0.15, -0.1) is 0 Å². The minimum Gasteiger partial charge on any atom is -0.493 e. The van der Waals surface area contributed by atoms with Crippen molar-refractivity contribution in [2.24, 2.45) is 0 Å². The lowest BCUT2D eigenvalue weighted by atomic mass is 10.1. The molecule has 0 fully saturated rings. The number of methoxy groups -OCH3 is 3. The summed E-state index contributed by atoms with van der Waals surface area (Å²) in [6, 6.07) is 14.2. The first-order chi connectivity index (χ1) is 16.3. The molecule has 0 aliphatic carbocycles. The van der Waals surface area contributed by atoms with Gasteiger partial charge in [-0.1, -0.05) is 30.3 Å². The summed E-state index contributed by atoms with van der Waals surface area (Å²) < 4.78 is 62.2. The largest absolute Gasteiger partial charge is 0.493 e. The smallest absolute Gasteiger partial charge is 0.418 e. The zero-order chi connectivity index (χ0) is 24.5. The van der Waals surface area contributed by atoms with Crippen LogP contribution in [0.15, 0.2) is 54.6 Å². The highest BCUT2D eigenvalue weighted by Gasteiger charge is 2.34. The number of alkyl halides is 3. The van der Waals surface area contributed by atoms with Gasteiger partial charge < -0.3 is 24.7 Å². The van der Waals surface area contributed by atoms with E-state index in [1.807, 2.05) is 6.07 Å². The molecule has 0 radical (unpaired) electrons. The van der Waals surface area contributed by atoms with E-state index < -0.39 is 17.4 Å². The molecule has 176 valence electrons. The summed E-state index contributed by atoms with van der Waals surface area (Å²) in [5.74, 6) is 1.20. The first kappa shape index (κ1) is 23.0. The fraction of sp³-hybridized carbons (Fsp3) is 0.167. The molecule has 0 spiro atoms. The summed E-state index contributed by atoms with van der Waals surface area (Å²) in [6.07, 6.45) is -4.64. The van der Waals surface area contributed by atoms with Crippen LogP contribution in [-0.2, 0) is 6.18 Å². The van der Waals surface area contributed by atoms with Gasteiger partial charge in [0.25, 0.3) is 0 Å². The van der Waals surface area contributed by atoms with Crippen molar-refractivity contribution in [3.8, 4) is 40.1 Å². The number of hydrogen-bond donors (Lipinski definition) is 1. The second-order valence-electron chi connectivity index (χ2n) is 7.10. The van der Waals surface area contributed by atoms with Crippen molar-refractivity contribution >= 4 is 16.7 Å². The lowest BCUT2D eigenvalue weighted by Crippen LogP contribution is -2.10. The van der Waals surface area contributed by atoms with Gasteiger partial charge in [-0.05, 0) is 12.1 Å². The van der Waals surface area contributed by atoms with Gasteiger partial charge in [0.2, 0.25) is 11.6 Å². The minimum atomic E-state index is -4.64. The normalized spacial score (nSPS) is 11.4. The van der Waals surface area contributed by atoms with E-state index in [1.165, 1.54) is 39.5 Å². The van der Waals surface area contributed by atoms with E-state index in [-0.39, 0.29) is 22.7 Å². The average Bonchev–Trinajstić information content (AvgIpc) is 2.83. The number of aromatic nitrogens is 2. The van der Waals surface area contributed by atoms with E-state index >= 15 is 0 Å². The van der Waals surface area contributed by atoms with Crippen LogP contribution in [-0.4, -0.2) is 31.3 Å². The van der Waals surface area contributed by atoms with Gasteiger partial charge in [-0.25, -0.2) is 9.97 Å². The summed E-state index contributed by atoms with van der Waals surface area (Å²) in [5, 5.41) is 0. The molecule has 0 aliphatic rings. The van der Waals surface area contributed by atoms with Crippen molar-refractivity contribution in [3.63, 3.8) is 0 Å². The Morgan fingerprint density at radius 3 is 2.03 bits per heavy atom. The van der Waals surface area contributed by atoms with Gasteiger partial charge in [-0.3, -0.25) is 0 Å². The molecule has 0 bridgehead atoms. The number of anilines is 1. The molecule has 4 aromatic rings. The number of benzene rings is 3. The van der Waals surface area contributed by atoms with E-state index in [9.17, 15) is 13.2 Å². The second-order valence-corrected chi connectivity index (χ2v) is 7.10. The Morgan fingerprint density at radius 1 is 0.824 bits per heavy atom. The van der Waals surface area contributed by atoms with Crippen molar-refractivity contribution in [3.05, 3.63) is 60.2 Å². The van der Waals surface area contributed by atoms with Crippen LogP contribution in [0.3, 0.4) is 0 Å². The number of nitrogen functional groups attached to an aromatic ring is 1. The van der Waals surface area contributed by atoms with E-state index in [2.05, 4.69) is 9.97 Å². The average molecular weight is 471 g/mol. The second kappa shape index (κ2) is 8.97. The van der Waals surface area contributed by atoms with Crippen LogP contribution in [0.4, 0.5) is 18.9 Å². The molecule has 1 aromatic heterocycles. The highest BCUT2D eigenvalue weighted by atomic mass is 19.4. The Morgan fingerprint density at radius 2 is 1.47 bits per heavy atom. The summed E-state index contributed by atoms with van der Waals surface area (Å²) in [5.41, 5.74) is 5.36. The molecule has 0 unspecified atom stereocenters. The highest BCUT2D eigenvalue weighted by Crippen LogP contribution is 2.43. The minimum absolute atomic E-state index is 0.0426. The molecule has 3 aromatic carbocycles. The van der Waals surface area contributed by atoms with Crippen LogP contribution < -0.4 is 24.7 Å². The number of nitrogens with zero attached hydrogens (tertiary/aromatic N) is 2. The van der Waals surface area contributed by atoms with Crippen LogP contribution in [0, 0.1) is 0 Å². The van der Waals surface area contributed by atoms with E-state index in [0.717, 1.165) is 6.07 Å². The molecule has 0 saturated heterocycles.